The number of aliphatic hydroxyl groups is 1. The van der Waals surface area contributed by atoms with Gasteiger partial charge in [0.2, 0.25) is 0 Å². The van der Waals surface area contributed by atoms with E-state index in [1.807, 2.05) is 0 Å². The Hall–Kier alpha value is -1.74. The molecular weight excluding hydrogens is 456 g/mol. The molecular formula is C34H58O3. The van der Waals surface area contributed by atoms with Crippen molar-refractivity contribution in [2.45, 2.75) is 149 Å². The lowest BCUT2D eigenvalue weighted by Gasteiger charge is -2.16. The summed E-state index contributed by atoms with van der Waals surface area (Å²) in [7, 11) is 0. The number of unbranched alkanes of at least 4 members (excludes halogenated alkanes) is 5. The van der Waals surface area contributed by atoms with E-state index in [1.165, 1.54) is 25.7 Å². The molecule has 1 unspecified atom stereocenters. The third-order valence-corrected chi connectivity index (χ3v) is 6.25. The molecule has 0 heterocycles. The van der Waals surface area contributed by atoms with Crippen LogP contribution in [0.25, 0.3) is 0 Å². The van der Waals surface area contributed by atoms with Crippen LogP contribution in [-0.4, -0.2) is 22.8 Å². The van der Waals surface area contributed by atoms with Crippen molar-refractivity contribution >= 4 is 11.6 Å². The van der Waals surface area contributed by atoms with Crippen molar-refractivity contribution in [1.82, 2.24) is 0 Å². The lowest BCUT2D eigenvalue weighted by molar-refractivity contribution is -0.121. The average molecular weight is 515 g/mol. The summed E-state index contributed by atoms with van der Waals surface area (Å²) in [5, 5.41) is 10.2. The standard InChI is InChI=1S/C34H58O3/c1-5-6-7-8-9-10-11-12-13-14-15-16-17-18-19-20-21-25-31(35)26-22-23-27-32(36)28-24-29-33(37)30-34(2,3)4/h9-10,12-13,15-16,18-19,31,35H,5-8,11,14,17,20-30H2,1-4H3/b10-9-,13-12-,16-15-,19-18-. The number of Topliss-reactive ketones (excluding diaryl/α,β-unsaturated/α-hetero) is 2. The summed E-state index contributed by atoms with van der Waals surface area (Å²) in [5.74, 6) is 0.508. The summed E-state index contributed by atoms with van der Waals surface area (Å²) in [4.78, 5) is 23.9. The monoisotopic (exact) mass is 514 g/mol. The van der Waals surface area contributed by atoms with Crippen LogP contribution in [-0.2, 0) is 9.59 Å². The zero-order valence-electron chi connectivity index (χ0n) is 24.7. The summed E-state index contributed by atoms with van der Waals surface area (Å²) in [6.45, 7) is 8.44. The van der Waals surface area contributed by atoms with Crippen LogP contribution in [0.2, 0.25) is 0 Å². The molecule has 0 aliphatic carbocycles. The second-order valence-corrected chi connectivity index (χ2v) is 11.6. The highest BCUT2D eigenvalue weighted by Crippen LogP contribution is 2.20. The number of hydrogen-bond donors (Lipinski definition) is 1. The van der Waals surface area contributed by atoms with Crippen LogP contribution in [0, 0.1) is 5.41 Å². The molecule has 0 aromatic carbocycles. The van der Waals surface area contributed by atoms with Crippen LogP contribution in [0.1, 0.15) is 143 Å². The van der Waals surface area contributed by atoms with Crippen LogP contribution in [0.5, 0.6) is 0 Å². The van der Waals surface area contributed by atoms with E-state index >= 15 is 0 Å². The molecule has 212 valence electrons. The Balaban J connectivity index is 3.59. The molecule has 0 amide bonds. The third-order valence-electron chi connectivity index (χ3n) is 6.25. The minimum Gasteiger partial charge on any atom is -0.393 e. The van der Waals surface area contributed by atoms with Gasteiger partial charge in [0.1, 0.15) is 11.6 Å². The number of carbonyl (C=O) groups excluding carboxylic acids is 2. The molecule has 0 radical (unpaired) electrons. The molecule has 37 heavy (non-hydrogen) atoms. The first-order chi connectivity index (χ1) is 17.7. The SMILES string of the molecule is CCCCC/C=C\C/C=C\C/C=C\C/C=C\CCCC(O)CCCCC(=O)CCCC(=O)CC(C)(C)C. The lowest BCUT2D eigenvalue weighted by atomic mass is 9.88. The van der Waals surface area contributed by atoms with Gasteiger partial charge in [-0.25, -0.2) is 0 Å². The van der Waals surface area contributed by atoms with Gasteiger partial charge in [-0.05, 0) is 76.0 Å². The number of hydrogen-bond acceptors (Lipinski definition) is 3. The van der Waals surface area contributed by atoms with Gasteiger partial charge in [-0.1, -0.05) is 95.6 Å². The van der Waals surface area contributed by atoms with Gasteiger partial charge in [-0.2, -0.15) is 0 Å². The van der Waals surface area contributed by atoms with Crippen molar-refractivity contribution in [3.63, 3.8) is 0 Å². The van der Waals surface area contributed by atoms with Crippen LogP contribution in [0.3, 0.4) is 0 Å². The molecule has 1 atom stereocenters. The Labute approximate surface area is 229 Å². The summed E-state index contributed by atoms with van der Waals surface area (Å²) >= 11 is 0. The van der Waals surface area contributed by atoms with Crippen LogP contribution >= 0.6 is 0 Å². The Bertz CT molecular complexity index is 676. The summed E-state index contributed by atoms with van der Waals surface area (Å²) in [5.41, 5.74) is 0.0258. The van der Waals surface area contributed by atoms with Gasteiger partial charge in [-0.15, -0.1) is 0 Å². The Kier molecular flexibility index (Phi) is 23.4. The van der Waals surface area contributed by atoms with Crippen LogP contribution in [0.15, 0.2) is 48.6 Å². The molecule has 0 spiro atoms. The van der Waals surface area contributed by atoms with E-state index in [4.69, 9.17) is 0 Å². The molecule has 3 nitrogen and oxygen atoms in total. The maximum Gasteiger partial charge on any atom is 0.133 e. The molecule has 0 saturated carbocycles. The minimum atomic E-state index is -0.267. The van der Waals surface area contributed by atoms with Gasteiger partial charge in [0, 0.05) is 25.7 Å². The summed E-state index contributed by atoms with van der Waals surface area (Å²) < 4.78 is 0. The predicted octanol–water partition coefficient (Wildman–Crippen LogP) is 9.80. The molecule has 0 rings (SSSR count). The van der Waals surface area contributed by atoms with E-state index in [0.717, 1.165) is 57.8 Å². The number of allylic oxidation sites excluding steroid dienone is 8. The Morgan fingerprint density at radius 3 is 1.68 bits per heavy atom. The fourth-order valence-corrected chi connectivity index (χ4v) is 4.17. The van der Waals surface area contributed by atoms with Crippen molar-refractivity contribution in [2.24, 2.45) is 5.41 Å². The second kappa shape index (κ2) is 24.6. The smallest absolute Gasteiger partial charge is 0.133 e. The van der Waals surface area contributed by atoms with Crippen molar-refractivity contribution < 1.29 is 14.7 Å². The normalized spacial score (nSPS) is 13.5. The van der Waals surface area contributed by atoms with Crippen molar-refractivity contribution in [1.29, 1.82) is 0 Å². The fourth-order valence-electron chi connectivity index (χ4n) is 4.17. The Morgan fingerprint density at radius 2 is 1.11 bits per heavy atom. The summed E-state index contributed by atoms with van der Waals surface area (Å²) in [6.07, 6.45) is 33.9. The maximum atomic E-state index is 12.0. The number of ketones is 2. The minimum absolute atomic E-state index is 0.0258. The summed E-state index contributed by atoms with van der Waals surface area (Å²) in [6, 6.07) is 0. The lowest BCUT2D eigenvalue weighted by Crippen LogP contribution is -2.13. The molecule has 1 N–H and O–H groups in total. The first-order valence-electron chi connectivity index (χ1n) is 15.1. The van der Waals surface area contributed by atoms with E-state index in [2.05, 4.69) is 76.3 Å². The van der Waals surface area contributed by atoms with Crippen LogP contribution in [0.4, 0.5) is 0 Å². The van der Waals surface area contributed by atoms with E-state index in [9.17, 15) is 14.7 Å². The van der Waals surface area contributed by atoms with Gasteiger partial charge >= 0.3 is 0 Å². The quantitative estimate of drug-likeness (QED) is 0.103. The Morgan fingerprint density at radius 1 is 0.622 bits per heavy atom. The largest absolute Gasteiger partial charge is 0.393 e. The molecule has 0 saturated heterocycles. The van der Waals surface area contributed by atoms with Crippen molar-refractivity contribution in [3.05, 3.63) is 48.6 Å². The molecule has 0 fully saturated rings. The fraction of sp³-hybridized carbons (Fsp3) is 0.706. The molecule has 3 heteroatoms. The zero-order valence-corrected chi connectivity index (χ0v) is 24.7. The number of aliphatic hydroxyl groups excluding tert-OH is 1. The topological polar surface area (TPSA) is 54.4 Å². The van der Waals surface area contributed by atoms with Crippen LogP contribution < -0.4 is 0 Å². The first kappa shape index (κ1) is 35.3. The highest BCUT2D eigenvalue weighted by molar-refractivity contribution is 5.81. The molecule has 0 bridgehead atoms. The molecule has 0 aliphatic heterocycles. The molecule has 0 aliphatic rings. The molecule has 0 aromatic heterocycles. The highest BCUT2D eigenvalue weighted by atomic mass is 16.3. The van der Waals surface area contributed by atoms with Crippen molar-refractivity contribution in [3.8, 4) is 0 Å². The first-order valence-corrected chi connectivity index (χ1v) is 15.1. The van der Waals surface area contributed by atoms with Gasteiger partial charge in [0.25, 0.3) is 0 Å². The van der Waals surface area contributed by atoms with Gasteiger partial charge < -0.3 is 5.11 Å². The third kappa shape index (κ3) is 28.7. The van der Waals surface area contributed by atoms with Crippen molar-refractivity contribution in [2.75, 3.05) is 0 Å². The van der Waals surface area contributed by atoms with Gasteiger partial charge in [-0.3, -0.25) is 9.59 Å². The van der Waals surface area contributed by atoms with E-state index < -0.39 is 0 Å². The predicted molar refractivity (Wildman–Crippen MR) is 161 cm³/mol. The number of rotatable bonds is 24. The maximum absolute atomic E-state index is 12.0. The van der Waals surface area contributed by atoms with E-state index in [0.29, 0.717) is 32.1 Å². The molecule has 0 aromatic rings. The van der Waals surface area contributed by atoms with E-state index in [-0.39, 0.29) is 23.1 Å². The average Bonchev–Trinajstić information content (AvgIpc) is 2.82. The van der Waals surface area contributed by atoms with Gasteiger partial charge in [0.05, 0.1) is 6.10 Å². The van der Waals surface area contributed by atoms with E-state index in [1.54, 1.807) is 0 Å². The second-order valence-electron chi connectivity index (χ2n) is 11.6. The van der Waals surface area contributed by atoms with Gasteiger partial charge in [0.15, 0.2) is 0 Å². The highest BCUT2D eigenvalue weighted by Gasteiger charge is 2.15. The zero-order chi connectivity index (χ0) is 27.6. The number of carbonyl (C=O) groups is 2.